The van der Waals surface area contributed by atoms with Crippen molar-refractivity contribution in [3.8, 4) is 6.07 Å². The lowest BCUT2D eigenvalue weighted by molar-refractivity contribution is 0.100. The van der Waals surface area contributed by atoms with Crippen molar-refractivity contribution in [3.63, 3.8) is 0 Å². The molecule has 4 heterocycles. The standard InChI is InChI=1S/C22H21FN8O/c23-16-13-31(21-5-4-14(10-24)11-28-21)8-6-17(16)29-18-9-20(27-12-15(18)22(25)32)30-19-3-1-2-7-26-19/h1-5,7,9,11-12,16-17H,6,8,13H2,(H2,25,32)(H2,26,27,29,30)/t16-,17+/m0/s1. The molecule has 9 nitrogen and oxygen atoms in total. The van der Waals surface area contributed by atoms with Gasteiger partial charge in [0.05, 0.1) is 29.4 Å². The van der Waals surface area contributed by atoms with E-state index in [0.717, 1.165) is 0 Å². The Kier molecular flexibility index (Phi) is 6.07. The van der Waals surface area contributed by atoms with Crippen LogP contribution in [-0.2, 0) is 0 Å². The van der Waals surface area contributed by atoms with Gasteiger partial charge in [0.15, 0.2) is 0 Å². The number of nitrogens with zero attached hydrogens (tertiary/aromatic N) is 5. The van der Waals surface area contributed by atoms with E-state index in [1.807, 2.05) is 17.0 Å². The minimum atomic E-state index is -1.22. The Morgan fingerprint density at radius 2 is 2.06 bits per heavy atom. The molecule has 1 fully saturated rings. The molecule has 1 aliphatic heterocycles. The Morgan fingerprint density at radius 3 is 2.72 bits per heavy atom. The predicted molar refractivity (Wildman–Crippen MR) is 118 cm³/mol. The number of alkyl halides is 1. The zero-order chi connectivity index (χ0) is 22.5. The van der Waals surface area contributed by atoms with Gasteiger partial charge in [-0.2, -0.15) is 5.26 Å². The second-order valence-corrected chi connectivity index (χ2v) is 7.34. The number of carbonyl (C=O) groups is 1. The van der Waals surface area contributed by atoms with Crippen molar-refractivity contribution in [1.29, 1.82) is 5.26 Å². The highest BCUT2D eigenvalue weighted by Crippen LogP contribution is 2.26. The molecular formula is C22H21FN8O. The monoisotopic (exact) mass is 432 g/mol. The molecule has 2 atom stereocenters. The number of amides is 1. The first-order valence-corrected chi connectivity index (χ1v) is 10.0. The number of nitrogens with one attached hydrogen (secondary N) is 2. The molecule has 0 saturated carbocycles. The minimum Gasteiger partial charge on any atom is -0.378 e. The van der Waals surface area contributed by atoms with Gasteiger partial charge in [-0.1, -0.05) is 6.07 Å². The Balaban J connectivity index is 1.48. The normalized spacial score (nSPS) is 17.9. The fourth-order valence-corrected chi connectivity index (χ4v) is 3.52. The summed E-state index contributed by atoms with van der Waals surface area (Å²) in [6, 6.07) is 11.9. The summed E-state index contributed by atoms with van der Waals surface area (Å²) in [5.41, 5.74) is 6.53. The van der Waals surface area contributed by atoms with Gasteiger partial charge < -0.3 is 21.3 Å². The lowest BCUT2D eigenvalue weighted by Crippen LogP contribution is -2.48. The van der Waals surface area contributed by atoms with E-state index in [9.17, 15) is 4.79 Å². The number of nitriles is 1. The van der Waals surface area contributed by atoms with Crippen LogP contribution in [0.2, 0.25) is 0 Å². The van der Waals surface area contributed by atoms with Crippen molar-refractivity contribution in [2.24, 2.45) is 5.73 Å². The number of carbonyl (C=O) groups excluding carboxylic acids is 1. The first kappa shape index (κ1) is 21.0. The summed E-state index contributed by atoms with van der Waals surface area (Å²) in [7, 11) is 0. The van der Waals surface area contributed by atoms with E-state index in [2.05, 4.69) is 25.6 Å². The van der Waals surface area contributed by atoms with Crippen LogP contribution in [0.3, 0.4) is 0 Å². The van der Waals surface area contributed by atoms with Crippen molar-refractivity contribution < 1.29 is 9.18 Å². The molecule has 3 aromatic heterocycles. The third kappa shape index (κ3) is 4.73. The van der Waals surface area contributed by atoms with Crippen molar-refractivity contribution in [2.45, 2.75) is 18.6 Å². The van der Waals surface area contributed by atoms with Crippen LogP contribution in [0.25, 0.3) is 0 Å². The number of primary amides is 1. The van der Waals surface area contributed by atoms with E-state index in [0.29, 0.717) is 41.7 Å². The third-order valence-corrected chi connectivity index (χ3v) is 5.17. The van der Waals surface area contributed by atoms with E-state index in [1.54, 1.807) is 36.5 Å². The Bertz CT molecular complexity index is 1130. The lowest BCUT2D eigenvalue weighted by atomic mass is 10.0. The number of hydrogen-bond acceptors (Lipinski definition) is 8. The van der Waals surface area contributed by atoms with Crippen LogP contribution in [-0.4, -0.2) is 46.2 Å². The molecule has 1 aliphatic rings. The number of aromatic nitrogens is 3. The highest BCUT2D eigenvalue weighted by molar-refractivity contribution is 5.98. The molecule has 0 aromatic carbocycles. The Morgan fingerprint density at radius 1 is 1.19 bits per heavy atom. The summed E-state index contributed by atoms with van der Waals surface area (Å²) in [5.74, 6) is 1.00. The van der Waals surface area contributed by atoms with Crippen LogP contribution >= 0.6 is 0 Å². The maximum Gasteiger partial charge on any atom is 0.252 e. The number of piperidine rings is 1. The van der Waals surface area contributed by atoms with Gasteiger partial charge in [-0.3, -0.25) is 4.79 Å². The van der Waals surface area contributed by atoms with Crippen LogP contribution in [0.4, 0.5) is 27.5 Å². The van der Waals surface area contributed by atoms with Crippen molar-refractivity contribution >= 4 is 29.0 Å². The average Bonchev–Trinajstić information content (AvgIpc) is 2.81. The van der Waals surface area contributed by atoms with Crippen LogP contribution in [0.1, 0.15) is 22.3 Å². The zero-order valence-corrected chi connectivity index (χ0v) is 17.1. The first-order chi connectivity index (χ1) is 15.5. The Labute approximate surface area is 184 Å². The molecule has 10 heteroatoms. The highest BCUT2D eigenvalue weighted by Gasteiger charge is 2.30. The zero-order valence-electron chi connectivity index (χ0n) is 17.1. The van der Waals surface area contributed by atoms with Gasteiger partial charge in [0.25, 0.3) is 5.91 Å². The van der Waals surface area contributed by atoms with E-state index in [4.69, 9.17) is 11.0 Å². The molecule has 4 N–H and O–H groups in total. The summed E-state index contributed by atoms with van der Waals surface area (Å²) in [5, 5.41) is 15.1. The van der Waals surface area contributed by atoms with E-state index < -0.39 is 18.1 Å². The minimum absolute atomic E-state index is 0.132. The van der Waals surface area contributed by atoms with Gasteiger partial charge in [-0.05, 0) is 30.7 Å². The highest BCUT2D eigenvalue weighted by atomic mass is 19.1. The van der Waals surface area contributed by atoms with Gasteiger partial charge in [0, 0.05) is 31.2 Å². The van der Waals surface area contributed by atoms with Gasteiger partial charge >= 0.3 is 0 Å². The molecule has 0 aliphatic carbocycles. The topological polar surface area (TPSA) is 133 Å². The van der Waals surface area contributed by atoms with Crippen molar-refractivity contribution in [1.82, 2.24) is 15.0 Å². The number of anilines is 4. The average molecular weight is 432 g/mol. The van der Waals surface area contributed by atoms with Crippen LogP contribution in [0, 0.1) is 11.3 Å². The predicted octanol–water partition coefficient (Wildman–Crippen LogP) is 2.61. The van der Waals surface area contributed by atoms with Crippen molar-refractivity contribution in [3.05, 3.63) is 66.1 Å². The fraction of sp³-hybridized carbons (Fsp3) is 0.227. The summed E-state index contributed by atoms with van der Waals surface area (Å²) in [6.45, 7) is 0.694. The van der Waals surface area contributed by atoms with Crippen molar-refractivity contribution in [2.75, 3.05) is 28.6 Å². The number of rotatable bonds is 6. The molecule has 162 valence electrons. The Hall–Kier alpha value is -4.26. The number of nitrogens with two attached hydrogens (primary N) is 1. The number of halogens is 1. The molecule has 0 unspecified atom stereocenters. The largest absolute Gasteiger partial charge is 0.378 e. The summed E-state index contributed by atoms with van der Waals surface area (Å²) in [6.07, 6.45) is 3.73. The maximum atomic E-state index is 15.1. The molecule has 3 aromatic rings. The summed E-state index contributed by atoms with van der Waals surface area (Å²) < 4.78 is 15.1. The molecule has 1 amide bonds. The first-order valence-electron chi connectivity index (χ1n) is 10.0. The van der Waals surface area contributed by atoms with E-state index in [1.165, 1.54) is 12.4 Å². The fourth-order valence-electron chi connectivity index (χ4n) is 3.52. The van der Waals surface area contributed by atoms with E-state index >= 15 is 4.39 Å². The van der Waals surface area contributed by atoms with E-state index in [-0.39, 0.29) is 12.1 Å². The number of pyridine rings is 3. The van der Waals surface area contributed by atoms with Gasteiger partial charge in [0.2, 0.25) is 0 Å². The molecular weight excluding hydrogens is 411 g/mol. The van der Waals surface area contributed by atoms with Gasteiger partial charge in [-0.25, -0.2) is 19.3 Å². The van der Waals surface area contributed by atoms with Crippen LogP contribution in [0.15, 0.2) is 55.0 Å². The molecule has 32 heavy (non-hydrogen) atoms. The maximum absolute atomic E-state index is 15.1. The lowest BCUT2D eigenvalue weighted by Gasteiger charge is -2.36. The molecule has 0 bridgehead atoms. The second-order valence-electron chi connectivity index (χ2n) is 7.34. The molecule has 4 rings (SSSR count). The van der Waals surface area contributed by atoms with Gasteiger partial charge in [0.1, 0.15) is 29.7 Å². The third-order valence-electron chi connectivity index (χ3n) is 5.17. The molecule has 0 spiro atoms. The SMILES string of the molecule is N#Cc1ccc(N2CC[C@@H](Nc3cc(Nc4ccccn4)ncc3C(N)=O)[C@@H](F)C2)nc1. The number of hydrogen-bond donors (Lipinski definition) is 3. The molecule has 1 saturated heterocycles. The quantitative estimate of drug-likeness (QED) is 0.541. The molecule has 0 radical (unpaired) electrons. The summed E-state index contributed by atoms with van der Waals surface area (Å²) in [4.78, 5) is 26.3. The van der Waals surface area contributed by atoms with Crippen LogP contribution in [0.5, 0.6) is 0 Å². The smallest absolute Gasteiger partial charge is 0.252 e. The van der Waals surface area contributed by atoms with Gasteiger partial charge in [-0.15, -0.1) is 0 Å². The van der Waals surface area contributed by atoms with Crippen LogP contribution < -0.4 is 21.3 Å². The summed E-state index contributed by atoms with van der Waals surface area (Å²) >= 11 is 0. The second kappa shape index (κ2) is 9.26.